The van der Waals surface area contributed by atoms with Crippen LogP contribution in [-0.4, -0.2) is 30.9 Å². The Morgan fingerprint density at radius 2 is 1.90 bits per heavy atom. The van der Waals surface area contributed by atoms with Gasteiger partial charge in [-0.05, 0) is 6.42 Å². The summed E-state index contributed by atoms with van der Waals surface area (Å²) in [7, 11) is 0. The van der Waals surface area contributed by atoms with E-state index in [9.17, 15) is 0 Å². The monoisotopic (exact) mass is 160 g/mol. The molecule has 1 aliphatic rings. The van der Waals surface area contributed by atoms with Crippen molar-refractivity contribution in [3.63, 3.8) is 0 Å². The standard InChI is InChI=1S/C7H16N2S/c1-2-6-3-9-7(5-10)4-8-6/h6-10H,2-5H2,1H3/t6-,7+/m0/s1. The van der Waals surface area contributed by atoms with E-state index in [-0.39, 0.29) is 0 Å². The molecule has 0 amide bonds. The second-order valence-corrected chi connectivity index (χ2v) is 3.17. The molecule has 0 unspecified atom stereocenters. The maximum Gasteiger partial charge on any atom is 0.0281 e. The van der Waals surface area contributed by atoms with Crippen LogP contribution in [0.25, 0.3) is 0 Å². The van der Waals surface area contributed by atoms with Crippen LogP contribution in [0.15, 0.2) is 0 Å². The van der Waals surface area contributed by atoms with Gasteiger partial charge >= 0.3 is 0 Å². The van der Waals surface area contributed by atoms with E-state index in [1.807, 2.05) is 0 Å². The molecule has 1 heterocycles. The first-order valence-corrected chi connectivity index (χ1v) is 4.57. The van der Waals surface area contributed by atoms with Crippen LogP contribution < -0.4 is 10.6 Å². The Labute approximate surface area is 68.2 Å². The smallest absolute Gasteiger partial charge is 0.0281 e. The van der Waals surface area contributed by atoms with Gasteiger partial charge in [0.25, 0.3) is 0 Å². The highest BCUT2D eigenvalue weighted by Gasteiger charge is 2.16. The number of rotatable bonds is 2. The van der Waals surface area contributed by atoms with Gasteiger partial charge in [0, 0.05) is 30.9 Å². The minimum Gasteiger partial charge on any atom is -0.311 e. The largest absolute Gasteiger partial charge is 0.311 e. The van der Waals surface area contributed by atoms with Gasteiger partial charge in [-0.2, -0.15) is 12.6 Å². The first-order chi connectivity index (χ1) is 4.86. The van der Waals surface area contributed by atoms with Gasteiger partial charge in [0.05, 0.1) is 0 Å². The third-order valence-electron chi connectivity index (χ3n) is 2.02. The zero-order valence-electron chi connectivity index (χ0n) is 6.43. The maximum absolute atomic E-state index is 4.22. The summed E-state index contributed by atoms with van der Waals surface area (Å²) >= 11 is 4.22. The van der Waals surface area contributed by atoms with E-state index in [1.165, 1.54) is 6.42 Å². The second kappa shape index (κ2) is 4.21. The summed E-state index contributed by atoms with van der Waals surface area (Å²) in [6, 6.07) is 1.25. The molecule has 1 aliphatic heterocycles. The van der Waals surface area contributed by atoms with Crippen molar-refractivity contribution in [3.8, 4) is 0 Å². The molecule has 2 N–H and O–H groups in total. The lowest BCUT2D eigenvalue weighted by Gasteiger charge is -2.29. The fourth-order valence-corrected chi connectivity index (χ4v) is 1.44. The molecule has 0 aromatic rings. The first kappa shape index (κ1) is 8.37. The average molecular weight is 160 g/mol. The molecular formula is C7H16N2S. The van der Waals surface area contributed by atoms with Crippen molar-refractivity contribution in [1.82, 2.24) is 10.6 Å². The van der Waals surface area contributed by atoms with E-state index in [0.717, 1.165) is 18.8 Å². The van der Waals surface area contributed by atoms with Crippen LogP contribution in [0.1, 0.15) is 13.3 Å². The van der Waals surface area contributed by atoms with Crippen molar-refractivity contribution in [2.75, 3.05) is 18.8 Å². The average Bonchev–Trinajstić information content (AvgIpc) is 2.05. The molecule has 0 aromatic carbocycles. The van der Waals surface area contributed by atoms with E-state index < -0.39 is 0 Å². The van der Waals surface area contributed by atoms with E-state index in [1.54, 1.807) is 0 Å². The number of hydrogen-bond donors (Lipinski definition) is 3. The number of hydrogen-bond acceptors (Lipinski definition) is 3. The predicted octanol–water partition coefficient (Wildman–Crippen LogP) is 0.256. The Morgan fingerprint density at radius 3 is 2.30 bits per heavy atom. The molecule has 0 spiro atoms. The molecule has 2 nitrogen and oxygen atoms in total. The molecule has 60 valence electrons. The topological polar surface area (TPSA) is 24.1 Å². The summed E-state index contributed by atoms with van der Waals surface area (Å²) in [6.07, 6.45) is 1.21. The first-order valence-electron chi connectivity index (χ1n) is 3.94. The van der Waals surface area contributed by atoms with Crippen molar-refractivity contribution in [2.24, 2.45) is 0 Å². The Morgan fingerprint density at radius 1 is 1.30 bits per heavy atom. The van der Waals surface area contributed by atoms with Gasteiger partial charge in [0.15, 0.2) is 0 Å². The molecule has 0 bridgehead atoms. The summed E-state index contributed by atoms with van der Waals surface area (Å²) in [5.74, 6) is 0.934. The summed E-state index contributed by atoms with van der Waals surface area (Å²) in [4.78, 5) is 0. The van der Waals surface area contributed by atoms with E-state index in [0.29, 0.717) is 12.1 Å². The third-order valence-corrected chi connectivity index (χ3v) is 2.46. The Bertz CT molecular complexity index is 77.6. The van der Waals surface area contributed by atoms with Gasteiger partial charge in [-0.15, -0.1) is 0 Å². The molecule has 0 aliphatic carbocycles. The van der Waals surface area contributed by atoms with Crippen molar-refractivity contribution in [3.05, 3.63) is 0 Å². The quantitative estimate of drug-likeness (QED) is 0.505. The molecule has 1 saturated heterocycles. The lowest BCUT2D eigenvalue weighted by molar-refractivity contribution is 0.357. The van der Waals surface area contributed by atoms with Crippen LogP contribution in [-0.2, 0) is 0 Å². The fraction of sp³-hybridized carbons (Fsp3) is 1.00. The summed E-state index contributed by atoms with van der Waals surface area (Å²) < 4.78 is 0. The molecule has 0 aromatic heterocycles. The fourth-order valence-electron chi connectivity index (χ4n) is 1.18. The van der Waals surface area contributed by atoms with Crippen molar-refractivity contribution < 1.29 is 0 Å². The molecule has 0 radical (unpaired) electrons. The SMILES string of the molecule is CC[C@H]1CN[C@@H](CS)CN1. The Balaban J connectivity index is 2.17. The number of thiol groups is 1. The van der Waals surface area contributed by atoms with Crippen LogP contribution in [0.4, 0.5) is 0 Å². The minimum atomic E-state index is 0.575. The van der Waals surface area contributed by atoms with Crippen LogP contribution in [0.3, 0.4) is 0 Å². The summed E-state index contributed by atoms with van der Waals surface area (Å²) in [5.41, 5.74) is 0. The molecule has 3 heteroatoms. The van der Waals surface area contributed by atoms with Gasteiger partial charge in [-0.25, -0.2) is 0 Å². The molecule has 2 atom stereocenters. The summed E-state index contributed by atoms with van der Waals surface area (Å²) in [6.45, 7) is 4.38. The molecular weight excluding hydrogens is 144 g/mol. The van der Waals surface area contributed by atoms with E-state index >= 15 is 0 Å². The van der Waals surface area contributed by atoms with Crippen LogP contribution in [0.5, 0.6) is 0 Å². The van der Waals surface area contributed by atoms with Gasteiger partial charge in [-0.3, -0.25) is 0 Å². The third kappa shape index (κ3) is 2.15. The van der Waals surface area contributed by atoms with E-state index in [2.05, 4.69) is 30.2 Å². The lowest BCUT2D eigenvalue weighted by Crippen LogP contribution is -2.54. The highest BCUT2D eigenvalue weighted by Crippen LogP contribution is 1.97. The zero-order chi connectivity index (χ0) is 7.40. The van der Waals surface area contributed by atoms with Gasteiger partial charge in [0.2, 0.25) is 0 Å². The molecule has 10 heavy (non-hydrogen) atoms. The highest BCUT2D eigenvalue weighted by molar-refractivity contribution is 7.80. The van der Waals surface area contributed by atoms with Crippen molar-refractivity contribution >= 4 is 12.6 Å². The maximum atomic E-state index is 4.22. The normalized spacial score (nSPS) is 34.2. The highest BCUT2D eigenvalue weighted by atomic mass is 32.1. The van der Waals surface area contributed by atoms with Crippen LogP contribution in [0.2, 0.25) is 0 Å². The minimum absolute atomic E-state index is 0.575. The van der Waals surface area contributed by atoms with Gasteiger partial charge in [0.1, 0.15) is 0 Å². The Kier molecular flexibility index (Phi) is 3.52. The molecule has 1 rings (SSSR count). The number of piperazine rings is 1. The van der Waals surface area contributed by atoms with Crippen molar-refractivity contribution in [1.29, 1.82) is 0 Å². The zero-order valence-corrected chi connectivity index (χ0v) is 7.32. The lowest BCUT2D eigenvalue weighted by atomic mass is 10.1. The van der Waals surface area contributed by atoms with E-state index in [4.69, 9.17) is 0 Å². The predicted molar refractivity (Wildman–Crippen MR) is 47.7 cm³/mol. The second-order valence-electron chi connectivity index (χ2n) is 2.80. The molecule has 1 fully saturated rings. The number of nitrogens with one attached hydrogen (secondary N) is 2. The molecule has 0 saturated carbocycles. The Hall–Kier alpha value is 0.270. The van der Waals surface area contributed by atoms with Crippen molar-refractivity contribution in [2.45, 2.75) is 25.4 Å². The van der Waals surface area contributed by atoms with Crippen LogP contribution >= 0.6 is 12.6 Å². The summed E-state index contributed by atoms with van der Waals surface area (Å²) in [5, 5.41) is 6.89. The van der Waals surface area contributed by atoms with Gasteiger partial charge in [-0.1, -0.05) is 6.92 Å². The van der Waals surface area contributed by atoms with Gasteiger partial charge < -0.3 is 10.6 Å². The van der Waals surface area contributed by atoms with Crippen LogP contribution in [0, 0.1) is 0 Å².